The third kappa shape index (κ3) is 4.92. The molecule has 0 unspecified atom stereocenters. The standard InChI is InChI=1S/C23H21N3O5/c1-2-29-17-7-9-18(10-8-17)30-22-13-16(11-12-24-22)14-25-21(27)15-26-19-5-3-4-6-20(19)31-23(26)28/h3-13H,2,14-15H2,1H3,(H,25,27). The lowest BCUT2D eigenvalue weighted by atomic mass is 10.2. The van der Waals surface area contributed by atoms with Crippen LogP contribution >= 0.6 is 0 Å². The van der Waals surface area contributed by atoms with Gasteiger partial charge in [0.15, 0.2) is 5.58 Å². The van der Waals surface area contributed by atoms with Crippen LogP contribution in [-0.4, -0.2) is 22.1 Å². The number of amides is 1. The summed E-state index contributed by atoms with van der Waals surface area (Å²) in [6.45, 7) is 2.66. The van der Waals surface area contributed by atoms with Crippen molar-refractivity contribution in [2.75, 3.05) is 6.61 Å². The molecule has 8 nitrogen and oxygen atoms in total. The number of para-hydroxylation sites is 2. The van der Waals surface area contributed by atoms with E-state index in [9.17, 15) is 9.59 Å². The Morgan fingerprint density at radius 1 is 1.10 bits per heavy atom. The molecule has 0 radical (unpaired) electrons. The van der Waals surface area contributed by atoms with Gasteiger partial charge in [-0.2, -0.15) is 0 Å². The SMILES string of the molecule is CCOc1ccc(Oc2cc(CNC(=O)Cn3c(=O)oc4ccccc43)ccn2)cc1. The fraction of sp³-hybridized carbons (Fsp3) is 0.174. The van der Waals surface area contributed by atoms with Gasteiger partial charge in [0.2, 0.25) is 11.8 Å². The second kappa shape index (κ2) is 9.17. The molecule has 31 heavy (non-hydrogen) atoms. The van der Waals surface area contributed by atoms with Crippen molar-refractivity contribution in [1.29, 1.82) is 0 Å². The fourth-order valence-corrected chi connectivity index (χ4v) is 3.07. The van der Waals surface area contributed by atoms with Crippen LogP contribution in [0.25, 0.3) is 11.1 Å². The first-order chi connectivity index (χ1) is 15.1. The zero-order chi connectivity index (χ0) is 21.6. The lowest BCUT2D eigenvalue weighted by molar-refractivity contribution is -0.121. The van der Waals surface area contributed by atoms with E-state index in [0.29, 0.717) is 29.3 Å². The zero-order valence-corrected chi connectivity index (χ0v) is 16.9. The van der Waals surface area contributed by atoms with Crippen molar-refractivity contribution in [1.82, 2.24) is 14.9 Å². The molecule has 0 aliphatic carbocycles. The Bertz CT molecular complexity index is 1240. The van der Waals surface area contributed by atoms with E-state index in [1.54, 1.807) is 54.7 Å². The van der Waals surface area contributed by atoms with Gasteiger partial charge in [-0.3, -0.25) is 9.36 Å². The van der Waals surface area contributed by atoms with Crippen LogP contribution in [0.5, 0.6) is 17.4 Å². The van der Waals surface area contributed by atoms with Crippen molar-refractivity contribution in [2.45, 2.75) is 20.0 Å². The van der Waals surface area contributed by atoms with Crippen molar-refractivity contribution in [3.63, 3.8) is 0 Å². The highest BCUT2D eigenvalue weighted by Crippen LogP contribution is 2.23. The van der Waals surface area contributed by atoms with Gasteiger partial charge in [-0.25, -0.2) is 9.78 Å². The number of carbonyl (C=O) groups is 1. The topological polar surface area (TPSA) is 95.6 Å². The summed E-state index contributed by atoms with van der Waals surface area (Å²) in [5.41, 5.74) is 1.84. The van der Waals surface area contributed by atoms with Crippen molar-refractivity contribution < 1.29 is 18.7 Å². The lowest BCUT2D eigenvalue weighted by Gasteiger charge is -2.09. The van der Waals surface area contributed by atoms with Crippen molar-refractivity contribution in [2.24, 2.45) is 0 Å². The van der Waals surface area contributed by atoms with E-state index >= 15 is 0 Å². The molecular formula is C23H21N3O5. The van der Waals surface area contributed by atoms with Crippen LogP contribution in [0, 0.1) is 0 Å². The number of hydrogen-bond acceptors (Lipinski definition) is 6. The summed E-state index contributed by atoms with van der Waals surface area (Å²) in [6.07, 6.45) is 1.61. The van der Waals surface area contributed by atoms with Crippen LogP contribution < -0.4 is 20.5 Å². The van der Waals surface area contributed by atoms with Crippen LogP contribution in [0.1, 0.15) is 12.5 Å². The largest absolute Gasteiger partial charge is 0.494 e. The highest BCUT2D eigenvalue weighted by Gasteiger charge is 2.12. The Hall–Kier alpha value is -4.07. The fourth-order valence-electron chi connectivity index (χ4n) is 3.07. The minimum atomic E-state index is -0.564. The number of pyridine rings is 1. The lowest BCUT2D eigenvalue weighted by Crippen LogP contribution is -2.30. The van der Waals surface area contributed by atoms with Gasteiger partial charge in [0, 0.05) is 18.8 Å². The molecule has 1 N–H and O–H groups in total. The normalized spacial score (nSPS) is 10.7. The maximum absolute atomic E-state index is 12.4. The summed E-state index contributed by atoms with van der Waals surface area (Å²) < 4.78 is 17.6. The van der Waals surface area contributed by atoms with E-state index in [-0.39, 0.29) is 19.0 Å². The number of nitrogens with one attached hydrogen (secondary N) is 1. The summed E-state index contributed by atoms with van der Waals surface area (Å²) in [4.78, 5) is 28.6. The van der Waals surface area contributed by atoms with Gasteiger partial charge in [0.05, 0.1) is 12.1 Å². The Kier molecular flexibility index (Phi) is 5.98. The molecule has 0 atom stereocenters. The Balaban J connectivity index is 1.37. The average molecular weight is 419 g/mol. The first-order valence-electron chi connectivity index (χ1n) is 9.83. The summed E-state index contributed by atoms with van der Waals surface area (Å²) in [5, 5.41) is 2.80. The molecule has 2 heterocycles. The van der Waals surface area contributed by atoms with Crippen LogP contribution in [0.15, 0.2) is 76.1 Å². The van der Waals surface area contributed by atoms with Crippen LogP contribution in [-0.2, 0) is 17.9 Å². The van der Waals surface area contributed by atoms with Crippen LogP contribution in [0.4, 0.5) is 0 Å². The quantitative estimate of drug-likeness (QED) is 0.470. The maximum atomic E-state index is 12.4. The van der Waals surface area contributed by atoms with E-state index < -0.39 is 5.76 Å². The highest BCUT2D eigenvalue weighted by molar-refractivity contribution is 5.79. The molecule has 0 bridgehead atoms. The molecule has 2 aromatic heterocycles. The molecule has 8 heteroatoms. The summed E-state index contributed by atoms with van der Waals surface area (Å²) >= 11 is 0. The Morgan fingerprint density at radius 3 is 2.68 bits per heavy atom. The summed E-state index contributed by atoms with van der Waals surface area (Å²) in [5.74, 6) is 0.936. The van der Waals surface area contributed by atoms with Gasteiger partial charge in [-0.05, 0) is 55.0 Å². The van der Waals surface area contributed by atoms with Gasteiger partial charge in [-0.1, -0.05) is 12.1 Å². The van der Waals surface area contributed by atoms with Crippen molar-refractivity contribution >= 4 is 17.0 Å². The van der Waals surface area contributed by atoms with E-state index in [2.05, 4.69) is 10.3 Å². The molecule has 4 aromatic rings. The third-order valence-electron chi connectivity index (χ3n) is 4.52. The minimum Gasteiger partial charge on any atom is -0.494 e. The number of aromatic nitrogens is 2. The number of hydrogen-bond donors (Lipinski definition) is 1. The average Bonchev–Trinajstić information content (AvgIpc) is 3.09. The Labute approximate surface area is 178 Å². The molecule has 1 amide bonds. The number of oxazole rings is 1. The molecule has 0 saturated heterocycles. The predicted molar refractivity (Wildman–Crippen MR) is 114 cm³/mol. The van der Waals surface area contributed by atoms with E-state index in [1.807, 2.05) is 19.1 Å². The predicted octanol–water partition coefficient (Wildman–Crippen LogP) is 3.50. The number of fused-ring (bicyclic) bond motifs is 1. The molecule has 0 aliphatic heterocycles. The van der Waals surface area contributed by atoms with Gasteiger partial charge >= 0.3 is 5.76 Å². The monoisotopic (exact) mass is 419 g/mol. The zero-order valence-electron chi connectivity index (χ0n) is 16.9. The first-order valence-corrected chi connectivity index (χ1v) is 9.83. The molecule has 4 rings (SSSR count). The highest BCUT2D eigenvalue weighted by atomic mass is 16.5. The second-order valence-electron chi connectivity index (χ2n) is 6.71. The second-order valence-corrected chi connectivity index (χ2v) is 6.71. The maximum Gasteiger partial charge on any atom is 0.420 e. The Morgan fingerprint density at radius 2 is 1.87 bits per heavy atom. The number of carbonyl (C=O) groups excluding carboxylic acids is 1. The third-order valence-corrected chi connectivity index (χ3v) is 4.52. The van der Waals surface area contributed by atoms with Crippen LogP contribution in [0.2, 0.25) is 0 Å². The van der Waals surface area contributed by atoms with Gasteiger partial charge in [0.25, 0.3) is 0 Å². The molecule has 158 valence electrons. The smallest absolute Gasteiger partial charge is 0.420 e. The molecule has 0 fully saturated rings. The molecule has 0 aliphatic rings. The number of rotatable bonds is 8. The molecule has 0 spiro atoms. The van der Waals surface area contributed by atoms with Gasteiger partial charge in [0.1, 0.15) is 18.0 Å². The van der Waals surface area contributed by atoms with Gasteiger partial charge in [-0.15, -0.1) is 0 Å². The molecule has 2 aromatic carbocycles. The van der Waals surface area contributed by atoms with Crippen LogP contribution in [0.3, 0.4) is 0 Å². The van der Waals surface area contributed by atoms with Crippen molar-refractivity contribution in [3.05, 3.63) is 83.0 Å². The summed E-state index contributed by atoms with van der Waals surface area (Å²) in [7, 11) is 0. The number of benzene rings is 2. The first kappa shape index (κ1) is 20.2. The van der Waals surface area contributed by atoms with E-state index in [1.165, 1.54) is 4.57 Å². The van der Waals surface area contributed by atoms with Crippen molar-refractivity contribution in [3.8, 4) is 17.4 Å². The molecular weight excluding hydrogens is 398 g/mol. The van der Waals surface area contributed by atoms with E-state index in [0.717, 1.165) is 11.3 Å². The number of nitrogens with zero attached hydrogens (tertiary/aromatic N) is 2. The van der Waals surface area contributed by atoms with E-state index in [4.69, 9.17) is 13.9 Å². The van der Waals surface area contributed by atoms with Gasteiger partial charge < -0.3 is 19.2 Å². The minimum absolute atomic E-state index is 0.129. The molecule has 0 saturated carbocycles. The number of ether oxygens (including phenoxy) is 2. The summed E-state index contributed by atoms with van der Waals surface area (Å²) in [6, 6.07) is 17.8.